The monoisotopic (exact) mass is 366 g/mol. The van der Waals surface area contributed by atoms with Crippen LogP contribution in [0.25, 0.3) is 0 Å². The number of ether oxygens (including phenoxy) is 3. The van der Waals surface area contributed by atoms with Gasteiger partial charge in [-0.15, -0.1) is 0 Å². The first-order valence-electron chi connectivity index (χ1n) is 8.73. The second-order valence-corrected chi connectivity index (χ2v) is 7.87. The molecule has 1 aliphatic rings. The molecular weight excluding hydrogens is 336 g/mol. The minimum atomic E-state index is -1.22. The van der Waals surface area contributed by atoms with E-state index in [9.17, 15) is 9.90 Å². The predicted molar refractivity (Wildman–Crippen MR) is 97.9 cm³/mol. The molecule has 0 fully saturated rings. The fourth-order valence-corrected chi connectivity index (χ4v) is 2.98. The maximum Gasteiger partial charge on any atom is 0.410 e. The maximum atomic E-state index is 12.8. The SMILES string of the molecule is COCOc1ccc2c(c1)CN(C(=O)OC(C)(C)C)[C@H]([C@@](C)(O)CN)C2. The number of amides is 1. The van der Waals surface area contributed by atoms with E-state index in [1.807, 2.05) is 39.0 Å². The number of fused-ring (bicyclic) bond motifs is 1. The Bertz CT molecular complexity index is 639. The third-order valence-electron chi connectivity index (χ3n) is 4.41. The highest BCUT2D eigenvalue weighted by Gasteiger charge is 2.42. The third-order valence-corrected chi connectivity index (χ3v) is 4.41. The van der Waals surface area contributed by atoms with E-state index >= 15 is 0 Å². The normalized spacial score (nSPS) is 19.5. The number of hydrogen-bond acceptors (Lipinski definition) is 6. The Kier molecular flexibility index (Phi) is 6.16. The predicted octanol–water partition coefficient (Wildman–Crippen LogP) is 2.04. The van der Waals surface area contributed by atoms with Crippen molar-refractivity contribution < 1.29 is 24.1 Å². The van der Waals surface area contributed by atoms with E-state index in [2.05, 4.69) is 0 Å². The average Bonchev–Trinajstić information content (AvgIpc) is 2.57. The molecule has 146 valence electrons. The molecule has 26 heavy (non-hydrogen) atoms. The van der Waals surface area contributed by atoms with Crippen molar-refractivity contribution in [1.29, 1.82) is 0 Å². The Hall–Kier alpha value is -1.83. The lowest BCUT2D eigenvalue weighted by molar-refractivity contribution is -0.0485. The minimum absolute atomic E-state index is 0.0430. The van der Waals surface area contributed by atoms with E-state index in [4.69, 9.17) is 19.9 Å². The van der Waals surface area contributed by atoms with E-state index in [-0.39, 0.29) is 13.3 Å². The van der Waals surface area contributed by atoms with Gasteiger partial charge in [0.05, 0.1) is 11.6 Å². The molecular formula is C19H30N2O5. The highest BCUT2D eigenvalue weighted by atomic mass is 16.7. The van der Waals surface area contributed by atoms with Crippen LogP contribution in [0.3, 0.4) is 0 Å². The molecule has 0 aromatic heterocycles. The van der Waals surface area contributed by atoms with Crippen LogP contribution < -0.4 is 10.5 Å². The molecule has 0 aliphatic carbocycles. The first-order valence-corrected chi connectivity index (χ1v) is 8.73. The van der Waals surface area contributed by atoms with Crippen molar-refractivity contribution in [3.05, 3.63) is 29.3 Å². The number of hydrogen-bond donors (Lipinski definition) is 2. The molecule has 7 nitrogen and oxygen atoms in total. The molecule has 3 N–H and O–H groups in total. The second-order valence-electron chi connectivity index (χ2n) is 7.87. The number of carbonyl (C=O) groups excluding carboxylic acids is 1. The Labute approximate surface area is 155 Å². The van der Waals surface area contributed by atoms with Crippen molar-refractivity contribution >= 4 is 6.09 Å². The number of nitrogens with two attached hydrogens (primary N) is 1. The van der Waals surface area contributed by atoms with E-state index in [1.165, 1.54) is 0 Å². The van der Waals surface area contributed by atoms with Crippen LogP contribution in [-0.4, -0.2) is 53.8 Å². The smallest absolute Gasteiger partial charge is 0.410 e. The third kappa shape index (κ3) is 4.87. The van der Waals surface area contributed by atoms with Gasteiger partial charge in [0, 0.05) is 20.2 Å². The topological polar surface area (TPSA) is 94.2 Å². The first-order chi connectivity index (χ1) is 12.1. The van der Waals surface area contributed by atoms with E-state index in [1.54, 1.807) is 18.9 Å². The van der Waals surface area contributed by atoms with Crippen LogP contribution >= 0.6 is 0 Å². The largest absolute Gasteiger partial charge is 0.468 e. The van der Waals surface area contributed by atoms with Gasteiger partial charge >= 0.3 is 6.09 Å². The maximum absolute atomic E-state index is 12.8. The minimum Gasteiger partial charge on any atom is -0.468 e. The molecule has 7 heteroatoms. The van der Waals surface area contributed by atoms with Crippen LogP contribution in [0, 0.1) is 0 Å². The molecule has 1 heterocycles. The number of aliphatic hydroxyl groups is 1. The van der Waals surface area contributed by atoms with Crippen molar-refractivity contribution in [3.8, 4) is 5.75 Å². The number of benzene rings is 1. The second kappa shape index (κ2) is 7.82. The molecule has 0 saturated carbocycles. The van der Waals surface area contributed by atoms with Gasteiger partial charge in [0.1, 0.15) is 11.4 Å². The number of carbonyl (C=O) groups is 1. The van der Waals surface area contributed by atoms with Gasteiger partial charge in [-0.1, -0.05) is 6.07 Å². The molecule has 1 amide bonds. The van der Waals surface area contributed by atoms with Crippen LogP contribution in [0.15, 0.2) is 18.2 Å². The summed E-state index contributed by atoms with van der Waals surface area (Å²) in [5.41, 5.74) is 5.92. The summed E-state index contributed by atoms with van der Waals surface area (Å²) < 4.78 is 16.0. The molecule has 1 aliphatic heterocycles. The number of methoxy groups -OCH3 is 1. The molecule has 1 aromatic rings. The molecule has 0 saturated heterocycles. The zero-order chi connectivity index (χ0) is 19.5. The van der Waals surface area contributed by atoms with E-state index < -0.39 is 23.3 Å². The first kappa shape index (κ1) is 20.5. The Morgan fingerprint density at radius 1 is 1.31 bits per heavy atom. The zero-order valence-corrected chi connectivity index (χ0v) is 16.2. The van der Waals surface area contributed by atoms with Gasteiger partial charge in [-0.3, -0.25) is 4.90 Å². The summed E-state index contributed by atoms with van der Waals surface area (Å²) in [7, 11) is 1.56. The summed E-state index contributed by atoms with van der Waals surface area (Å²) >= 11 is 0. The van der Waals surface area contributed by atoms with Crippen molar-refractivity contribution in [2.24, 2.45) is 5.73 Å². The molecule has 0 bridgehead atoms. The Balaban J connectivity index is 2.33. The van der Waals surface area contributed by atoms with Crippen molar-refractivity contribution in [2.45, 2.75) is 57.9 Å². The fourth-order valence-electron chi connectivity index (χ4n) is 2.98. The van der Waals surface area contributed by atoms with Crippen molar-refractivity contribution in [3.63, 3.8) is 0 Å². The van der Waals surface area contributed by atoms with Crippen LogP contribution in [0.2, 0.25) is 0 Å². The standard InChI is InChI=1S/C19H30N2O5/c1-18(2,3)26-17(22)21-10-14-8-15(25-12-24-5)7-6-13(14)9-16(21)19(4,23)11-20/h6-8,16,23H,9-12,20H2,1-5H3/t16-,19-/m0/s1. The molecule has 0 radical (unpaired) electrons. The fraction of sp³-hybridized carbons (Fsp3) is 0.632. The lowest BCUT2D eigenvalue weighted by Crippen LogP contribution is -2.59. The van der Waals surface area contributed by atoms with Gasteiger partial charge in [0.25, 0.3) is 0 Å². The van der Waals surface area contributed by atoms with Gasteiger partial charge in [0.2, 0.25) is 0 Å². The van der Waals surface area contributed by atoms with Crippen LogP contribution in [-0.2, 0) is 22.4 Å². The zero-order valence-electron chi connectivity index (χ0n) is 16.2. The lowest BCUT2D eigenvalue weighted by Gasteiger charge is -2.44. The lowest BCUT2D eigenvalue weighted by atomic mass is 9.84. The van der Waals surface area contributed by atoms with E-state index in [0.717, 1.165) is 11.1 Å². The van der Waals surface area contributed by atoms with Gasteiger partial charge in [0.15, 0.2) is 6.79 Å². The number of rotatable bonds is 5. The highest BCUT2D eigenvalue weighted by molar-refractivity contribution is 5.69. The van der Waals surface area contributed by atoms with Gasteiger partial charge in [-0.05, 0) is 57.4 Å². The summed E-state index contributed by atoms with van der Waals surface area (Å²) in [6.45, 7) is 7.60. The highest BCUT2D eigenvalue weighted by Crippen LogP contribution is 2.32. The molecule has 1 aromatic carbocycles. The van der Waals surface area contributed by atoms with Crippen LogP contribution in [0.5, 0.6) is 5.75 Å². The summed E-state index contributed by atoms with van der Waals surface area (Å²) in [6, 6.07) is 5.22. The van der Waals surface area contributed by atoms with Crippen LogP contribution in [0.4, 0.5) is 4.79 Å². The Morgan fingerprint density at radius 2 is 2.00 bits per heavy atom. The molecule has 0 spiro atoms. The summed E-state index contributed by atoms with van der Waals surface area (Å²) in [4.78, 5) is 14.3. The summed E-state index contributed by atoms with van der Waals surface area (Å²) in [5, 5.41) is 10.7. The van der Waals surface area contributed by atoms with E-state index in [0.29, 0.717) is 18.7 Å². The van der Waals surface area contributed by atoms with Crippen molar-refractivity contribution in [1.82, 2.24) is 4.90 Å². The van der Waals surface area contributed by atoms with Crippen LogP contribution in [0.1, 0.15) is 38.8 Å². The average molecular weight is 366 g/mol. The molecule has 0 unspecified atom stereocenters. The van der Waals surface area contributed by atoms with Gasteiger partial charge in [-0.2, -0.15) is 0 Å². The molecule has 2 rings (SSSR count). The Morgan fingerprint density at radius 3 is 2.58 bits per heavy atom. The quantitative estimate of drug-likeness (QED) is 0.775. The summed E-state index contributed by atoms with van der Waals surface area (Å²) in [6.07, 6.45) is 0.0219. The summed E-state index contributed by atoms with van der Waals surface area (Å²) in [5.74, 6) is 0.666. The molecule has 2 atom stereocenters. The van der Waals surface area contributed by atoms with Gasteiger partial charge < -0.3 is 25.1 Å². The van der Waals surface area contributed by atoms with Crippen molar-refractivity contribution in [2.75, 3.05) is 20.4 Å². The number of nitrogens with zero attached hydrogens (tertiary/aromatic N) is 1. The van der Waals surface area contributed by atoms with Gasteiger partial charge in [-0.25, -0.2) is 4.79 Å².